The molecule has 6 nitrogen and oxygen atoms in total. The molecule has 1 amide bonds. The van der Waals surface area contributed by atoms with Crippen LogP contribution in [0.5, 0.6) is 5.75 Å². The van der Waals surface area contributed by atoms with E-state index in [0.29, 0.717) is 22.5 Å². The number of nitrogens with zero attached hydrogens (tertiary/aromatic N) is 2. The Balaban J connectivity index is 1.68. The van der Waals surface area contributed by atoms with Gasteiger partial charge < -0.3 is 14.6 Å². The van der Waals surface area contributed by atoms with Crippen molar-refractivity contribution in [2.45, 2.75) is 33.2 Å². The van der Waals surface area contributed by atoms with Crippen LogP contribution in [0.25, 0.3) is 11.4 Å². The second-order valence-electron chi connectivity index (χ2n) is 7.00. The smallest absolute Gasteiger partial charge is 0.258 e. The average Bonchev–Trinajstić information content (AvgIpc) is 3.21. The summed E-state index contributed by atoms with van der Waals surface area (Å²) < 4.78 is 11.0. The van der Waals surface area contributed by atoms with Gasteiger partial charge in [-0.2, -0.15) is 4.98 Å². The molecule has 3 rings (SSSR count). The zero-order valence-electron chi connectivity index (χ0n) is 16.7. The van der Waals surface area contributed by atoms with E-state index in [0.717, 1.165) is 17.5 Å². The summed E-state index contributed by atoms with van der Waals surface area (Å²) in [5, 5.41) is 7.65. The van der Waals surface area contributed by atoms with Crippen LogP contribution in [0.15, 0.2) is 53.1 Å². The summed E-state index contributed by atoms with van der Waals surface area (Å²) in [4.78, 5) is 17.0. The number of halogens is 1. The molecule has 1 aromatic heterocycles. The van der Waals surface area contributed by atoms with Crippen molar-refractivity contribution in [2.24, 2.45) is 5.92 Å². The highest BCUT2D eigenvalue weighted by molar-refractivity contribution is 6.30. The number of ether oxygens (including phenoxy) is 1. The van der Waals surface area contributed by atoms with Crippen molar-refractivity contribution in [3.8, 4) is 17.1 Å². The van der Waals surface area contributed by atoms with E-state index in [1.165, 1.54) is 0 Å². The van der Waals surface area contributed by atoms with E-state index in [2.05, 4.69) is 15.5 Å². The number of aromatic nitrogens is 2. The Bertz CT molecular complexity index is 939. The number of hydrogen-bond donors (Lipinski definition) is 1. The molecule has 1 N–H and O–H groups in total. The highest BCUT2D eigenvalue weighted by Gasteiger charge is 2.26. The van der Waals surface area contributed by atoms with E-state index in [-0.39, 0.29) is 18.4 Å². The molecular weight excluding hydrogens is 390 g/mol. The second-order valence-corrected chi connectivity index (χ2v) is 7.43. The van der Waals surface area contributed by atoms with Crippen molar-refractivity contribution in [3.63, 3.8) is 0 Å². The number of amides is 1. The highest BCUT2D eigenvalue weighted by atomic mass is 35.5. The first-order chi connectivity index (χ1) is 14.0. The first-order valence-corrected chi connectivity index (χ1v) is 9.92. The van der Waals surface area contributed by atoms with Crippen LogP contribution in [0.2, 0.25) is 5.02 Å². The first kappa shape index (κ1) is 20.9. The predicted octanol–water partition coefficient (Wildman–Crippen LogP) is 4.98. The van der Waals surface area contributed by atoms with Crippen molar-refractivity contribution in [1.29, 1.82) is 0 Å². The zero-order chi connectivity index (χ0) is 20.8. The van der Waals surface area contributed by atoms with Crippen LogP contribution < -0.4 is 10.1 Å². The molecule has 0 saturated heterocycles. The summed E-state index contributed by atoms with van der Waals surface area (Å²) in [5.74, 6) is 1.31. The van der Waals surface area contributed by atoms with Crippen LogP contribution in [-0.2, 0) is 4.79 Å². The molecule has 0 bridgehead atoms. The van der Waals surface area contributed by atoms with E-state index >= 15 is 0 Å². The molecule has 1 heterocycles. The van der Waals surface area contributed by atoms with Crippen LogP contribution in [0.1, 0.15) is 37.8 Å². The molecule has 0 saturated carbocycles. The molecule has 2 atom stereocenters. The lowest BCUT2D eigenvalue weighted by Crippen LogP contribution is -2.36. The van der Waals surface area contributed by atoms with Gasteiger partial charge in [0, 0.05) is 10.6 Å². The maximum Gasteiger partial charge on any atom is 0.258 e. The normalized spacial score (nSPS) is 13.0. The molecule has 29 heavy (non-hydrogen) atoms. The minimum atomic E-state index is -0.395. The van der Waals surface area contributed by atoms with Gasteiger partial charge in [-0.25, -0.2) is 0 Å². The number of carbonyl (C=O) groups excluding carboxylic acids is 1. The van der Waals surface area contributed by atoms with Gasteiger partial charge in [0.2, 0.25) is 11.7 Å². The summed E-state index contributed by atoms with van der Waals surface area (Å²) in [7, 11) is 0. The Kier molecular flexibility index (Phi) is 6.88. The maximum atomic E-state index is 12.4. The van der Waals surface area contributed by atoms with Gasteiger partial charge in [-0.1, -0.05) is 66.9 Å². The Morgan fingerprint density at radius 1 is 1.17 bits per heavy atom. The van der Waals surface area contributed by atoms with E-state index in [1.807, 2.05) is 45.0 Å². The molecule has 0 aliphatic rings. The number of rotatable bonds is 8. The van der Waals surface area contributed by atoms with Gasteiger partial charge in [-0.3, -0.25) is 4.79 Å². The molecule has 0 radical (unpaired) electrons. The minimum Gasteiger partial charge on any atom is -0.484 e. The van der Waals surface area contributed by atoms with Gasteiger partial charge >= 0.3 is 0 Å². The van der Waals surface area contributed by atoms with Gasteiger partial charge in [0.05, 0.1) is 0 Å². The standard InChI is InChI=1S/C22H24ClN3O3/c1-4-15(3)20(24-19(27)13-28-18-11-9-17(23)10-12-18)22-25-21(26-29-22)16-7-5-14(2)6-8-16/h5-12,15,20H,4,13H2,1-3H3,(H,24,27)/t15-,20-/m1/s1. The summed E-state index contributed by atoms with van der Waals surface area (Å²) in [6.07, 6.45) is 0.839. The zero-order valence-corrected chi connectivity index (χ0v) is 17.4. The molecule has 0 aliphatic heterocycles. The fourth-order valence-electron chi connectivity index (χ4n) is 2.76. The Morgan fingerprint density at radius 2 is 1.86 bits per heavy atom. The highest BCUT2D eigenvalue weighted by Crippen LogP contribution is 2.26. The van der Waals surface area contributed by atoms with Gasteiger partial charge in [0.15, 0.2) is 6.61 Å². The van der Waals surface area contributed by atoms with E-state index in [1.54, 1.807) is 24.3 Å². The van der Waals surface area contributed by atoms with Crippen LogP contribution in [0.4, 0.5) is 0 Å². The lowest BCUT2D eigenvalue weighted by Gasteiger charge is -2.20. The van der Waals surface area contributed by atoms with Crippen LogP contribution in [0, 0.1) is 12.8 Å². The van der Waals surface area contributed by atoms with E-state index in [4.69, 9.17) is 20.9 Å². The average molecular weight is 414 g/mol. The quantitative estimate of drug-likeness (QED) is 0.563. The maximum absolute atomic E-state index is 12.4. The largest absolute Gasteiger partial charge is 0.484 e. The monoisotopic (exact) mass is 413 g/mol. The fourth-order valence-corrected chi connectivity index (χ4v) is 2.89. The fraction of sp³-hybridized carbons (Fsp3) is 0.318. The molecule has 3 aromatic rings. The summed E-state index contributed by atoms with van der Waals surface area (Å²) in [5.41, 5.74) is 2.02. The third kappa shape index (κ3) is 5.57. The summed E-state index contributed by atoms with van der Waals surface area (Å²) >= 11 is 5.86. The summed E-state index contributed by atoms with van der Waals surface area (Å²) in [6.45, 7) is 5.98. The molecular formula is C22H24ClN3O3. The molecule has 152 valence electrons. The van der Waals surface area contributed by atoms with Crippen LogP contribution >= 0.6 is 11.6 Å². The predicted molar refractivity (Wildman–Crippen MR) is 112 cm³/mol. The molecule has 0 spiro atoms. The van der Waals surface area contributed by atoms with Crippen molar-refractivity contribution in [2.75, 3.05) is 6.61 Å². The Hall–Kier alpha value is -2.86. The third-order valence-electron chi connectivity index (χ3n) is 4.73. The van der Waals surface area contributed by atoms with Gasteiger partial charge in [-0.15, -0.1) is 0 Å². The second kappa shape index (κ2) is 9.56. The van der Waals surface area contributed by atoms with Crippen molar-refractivity contribution >= 4 is 17.5 Å². The lowest BCUT2D eigenvalue weighted by molar-refractivity contribution is -0.124. The number of aryl methyl sites for hydroxylation is 1. The van der Waals surface area contributed by atoms with Crippen LogP contribution in [0.3, 0.4) is 0 Å². The number of benzene rings is 2. The Labute approximate surface area is 175 Å². The Morgan fingerprint density at radius 3 is 2.52 bits per heavy atom. The van der Waals surface area contributed by atoms with Gasteiger partial charge in [-0.05, 0) is 37.1 Å². The SMILES string of the molecule is CC[C@@H](C)[C@@H](NC(=O)COc1ccc(Cl)cc1)c1nc(-c2ccc(C)cc2)no1. The van der Waals surface area contributed by atoms with Gasteiger partial charge in [0.1, 0.15) is 11.8 Å². The first-order valence-electron chi connectivity index (χ1n) is 9.54. The van der Waals surface area contributed by atoms with Crippen molar-refractivity contribution in [1.82, 2.24) is 15.5 Å². The number of nitrogens with one attached hydrogen (secondary N) is 1. The molecule has 0 aliphatic carbocycles. The lowest BCUT2D eigenvalue weighted by atomic mass is 9.99. The third-order valence-corrected chi connectivity index (χ3v) is 4.98. The molecule has 0 fully saturated rings. The topological polar surface area (TPSA) is 77.2 Å². The van der Waals surface area contributed by atoms with Crippen molar-refractivity contribution in [3.05, 3.63) is 65.0 Å². The molecule has 2 aromatic carbocycles. The molecule has 0 unspecified atom stereocenters. The summed E-state index contributed by atoms with van der Waals surface area (Å²) in [6, 6.07) is 14.3. The van der Waals surface area contributed by atoms with E-state index < -0.39 is 6.04 Å². The number of hydrogen-bond acceptors (Lipinski definition) is 5. The minimum absolute atomic E-state index is 0.112. The van der Waals surface area contributed by atoms with Gasteiger partial charge in [0.25, 0.3) is 5.91 Å². The van der Waals surface area contributed by atoms with Crippen molar-refractivity contribution < 1.29 is 14.1 Å². The number of carbonyl (C=O) groups is 1. The van der Waals surface area contributed by atoms with Crippen LogP contribution in [-0.4, -0.2) is 22.7 Å². The van der Waals surface area contributed by atoms with E-state index in [9.17, 15) is 4.79 Å². The molecule has 7 heteroatoms.